The lowest BCUT2D eigenvalue weighted by Crippen LogP contribution is -2.05. The first-order valence-electron chi connectivity index (χ1n) is 3.76. The molecule has 0 radical (unpaired) electrons. The number of hydrogen-bond donors (Lipinski definition) is 2. The third-order valence-electron chi connectivity index (χ3n) is 1.71. The molecule has 0 saturated carbocycles. The maximum absolute atomic E-state index is 11.2. The van der Waals surface area contributed by atoms with E-state index < -0.39 is 15.8 Å². The molecular formula is C8H8ClNO4S. The monoisotopic (exact) mass is 249 g/mol. The smallest absolute Gasteiger partial charge is 0.335 e. The molecule has 0 aromatic heterocycles. The predicted molar refractivity (Wildman–Crippen MR) is 55.9 cm³/mol. The fraction of sp³-hybridized carbons (Fsp3) is 0.125. The molecule has 5 nitrogen and oxygen atoms in total. The second kappa shape index (κ2) is 3.71. The molecule has 0 aliphatic rings. The molecule has 1 rings (SSSR count). The summed E-state index contributed by atoms with van der Waals surface area (Å²) in [6, 6.07) is 2.09. The summed E-state index contributed by atoms with van der Waals surface area (Å²) in [4.78, 5) is 10.4. The van der Waals surface area contributed by atoms with Gasteiger partial charge in [0, 0.05) is 6.26 Å². The predicted octanol–water partition coefficient (Wildman–Crippen LogP) is 1.02. The molecule has 0 fully saturated rings. The van der Waals surface area contributed by atoms with Crippen LogP contribution >= 0.6 is 11.6 Å². The molecular weight excluding hydrogens is 242 g/mol. The van der Waals surface area contributed by atoms with Gasteiger partial charge in [0.25, 0.3) is 0 Å². The van der Waals surface area contributed by atoms with Gasteiger partial charge in [0.2, 0.25) is 0 Å². The Balaban J connectivity index is 3.59. The van der Waals surface area contributed by atoms with Crippen molar-refractivity contribution < 1.29 is 18.3 Å². The van der Waals surface area contributed by atoms with Gasteiger partial charge < -0.3 is 10.8 Å². The maximum atomic E-state index is 11.2. The number of carbonyl (C=O) groups is 1. The molecule has 0 unspecified atom stereocenters. The summed E-state index contributed by atoms with van der Waals surface area (Å²) < 4.78 is 22.5. The summed E-state index contributed by atoms with van der Waals surface area (Å²) in [5.74, 6) is -1.26. The number of anilines is 1. The summed E-state index contributed by atoms with van der Waals surface area (Å²) in [5.41, 5.74) is 5.11. The molecule has 0 aliphatic carbocycles. The molecule has 1 aromatic carbocycles. The Morgan fingerprint density at radius 2 is 2.00 bits per heavy atom. The quantitative estimate of drug-likeness (QED) is 0.763. The molecule has 15 heavy (non-hydrogen) atoms. The maximum Gasteiger partial charge on any atom is 0.335 e. The molecule has 0 amide bonds. The van der Waals surface area contributed by atoms with Gasteiger partial charge in [-0.1, -0.05) is 11.6 Å². The number of halogens is 1. The van der Waals surface area contributed by atoms with Crippen LogP contribution in [-0.4, -0.2) is 25.7 Å². The van der Waals surface area contributed by atoms with Crippen LogP contribution in [0, 0.1) is 0 Å². The van der Waals surface area contributed by atoms with E-state index in [1.807, 2.05) is 0 Å². The van der Waals surface area contributed by atoms with Crippen LogP contribution in [0.25, 0.3) is 0 Å². The minimum Gasteiger partial charge on any atom is -0.478 e. The minimum absolute atomic E-state index is 0.0722. The number of nitrogen functional groups attached to an aromatic ring is 1. The van der Waals surface area contributed by atoms with E-state index in [1.54, 1.807) is 0 Å². The van der Waals surface area contributed by atoms with E-state index in [1.165, 1.54) is 0 Å². The van der Waals surface area contributed by atoms with Crippen molar-refractivity contribution >= 4 is 33.1 Å². The third-order valence-corrected chi connectivity index (χ3v) is 3.37. The van der Waals surface area contributed by atoms with Gasteiger partial charge in [0.05, 0.1) is 21.2 Å². The second-order valence-corrected chi connectivity index (χ2v) is 5.32. The fourth-order valence-corrected chi connectivity index (χ4v) is 2.33. The first-order valence-corrected chi connectivity index (χ1v) is 6.03. The molecule has 1 aromatic rings. The highest BCUT2D eigenvalue weighted by Gasteiger charge is 2.18. The van der Waals surface area contributed by atoms with E-state index in [4.69, 9.17) is 22.4 Å². The van der Waals surface area contributed by atoms with Crippen LogP contribution in [0.2, 0.25) is 5.02 Å². The SMILES string of the molecule is CS(=O)(=O)c1cc(C(=O)O)cc(N)c1Cl. The number of hydrogen-bond acceptors (Lipinski definition) is 4. The second-order valence-electron chi connectivity index (χ2n) is 2.95. The van der Waals surface area contributed by atoms with Crippen LogP contribution < -0.4 is 5.73 Å². The number of sulfone groups is 1. The van der Waals surface area contributed by atoms with Gasteiger partial charge in [-0.25, -0.2) is 13.2 Å². The zero-order chi connectivity index (χ0) is 11.8. The van der Waals surface area contributed by atoms with Crippen molar-refractivity contribution in [3.05, 3.63) is 22.7 Å². The summed E-state index contributed by atoms with van der Waals surface area (Å²) in [5, 5.41) is 8.55. The van der Waals surface area contributed by atoms with E-state index in [9.17, 15) is 13.2 Å². The number of carboxylic acids is 1. The molecule has 0 atom stereocenters. The Morgan fingerprint density at radius 1 is 1.47 bits per heavy atom. The van der Waals surface area contributed by atoms with Crippen molar-refractivity contribution in [3.8, 4) is 0 Å². The fourth-order valence-electron chi connectivity index (χ4n) is 1.01. The average Bonchev–Trinajstić information content (AvgIpc) is 2.06. The van der Waals surface area contributed by atoms with Crippen molar-refractivity contribution in [2.45, 2.75) is 4.90 Å². The molecule has 7 heteroatoms. The summed E-state index contributed by atoms with van der Waals surface area (Å²) in [7, 11) is -3.59. The van der Waals surface area contributed by atoms with Gasteiger partial charge in [-0.3, -0.25) is 0 Å². The van der Waals surface area contributed by atoms with Gasteiger partial charge in [-0.2, -0.15) is 0 Å². The van der Waals surface area contributed by atoms with Gasteiger partial charge in [0.1, 0.15) is 0 Å². The molecule has 0 aliphatic heterocycles. The van der Waals surface area contributed by atoms with Gasteiger partial charge in [-0.05, 0) is 12.1 Å². The van der Waals surface area contributed by atoms with E-state index >= 15 is 0 Å². The standard InChI is InChI=1S/C8H8ClNO4S/c1-15(13,14)6-3-4(8(11)12)2-5(10)7(6)9/h2-3H,10H2,1H3,(H,11,12). The lowest BCUT2D eigenvalue weighted by Gasteiger charge is -2.06. The molecule has 0 bridgehead atoms. The van der Waals surface area contributed by atoms with Gasteiger partial charge >= 0.3 is 5.97 Å². The normalized spacial score (nSPS) is 11.3. The van der Waals surface area contributed by atoms with E-state index in [0.29, 0.717) is 0 Å². The van der Waals surface area contributed by atoms with Crippen LogP contribution in [0.15, 0.2) is 17.0 Å². The van der Waals surface area contributed by atoms with Crippen LogP contribution in [0.5, 0.6) is 0 Å². The third kappa shape index (κ3) is 2.40. The number of rotatable bonds is 2. The first-order chi connectivity index (χ1) is 6.73. The Morgan fingerprint density at radius 3 is 2.40 bits per heavy atom. The highest BCUT2D eigenvalue weighted by Crippen LogP contribution is 2.28. The average molecular weight is 250 g/mol. The Labute approximate surface area is 91.4 Å². The van der Waals surface area contributed by atoms with E-state index in [0.717, 1.165) is 18.4 Å². The highest BCUT2D eigenvalue weighted by molar-refractivity contribution is 7.90. The van der Waals surface area contributed by atoms with Crippen molar-refractivity contribution in [2.75, 3.05) is 12.0 Å². The van der Waals surface area contributed by atoms with Crippen LogP contribution in [0.3, 0.4) is 0 Å². The molecule has 0 spiro atoms. The Bertz CT molecular complexity index is 524. The summed E-state index contributed by atoms with van der Waals surface area (Å²) in [6.07, 6.45) is 0.930. The molecule has 82 valence electrons. The zero-order valence-electron chi connectivity index (χ0n) is 7.69. The van der Waals surface area contributed by atoms with Crippen LogP contribution in [0.4, 0.5) is 5.69 Å². The van der Waals surface area contributed by atoms with E-state index in [-0.39, 0.29) is 21.2 Å². The van der Waals surface area contributed by atoms with Gasteiger partial charge in [-0.15, -0.1) is 0 Å². The molecule has 0 heterocycles. The van der Waals surface area contributed by atoms with E-state index in [2.05, 4.69) is 0 Å². The van der Waals surface area contributed by atoms with Crippen LogP contribution in [-0.2, 0) is 9.84 Å². The molecule has 3 N–H and O–H groups in total. The lowest BCUT2D eigenvalue weighted by atomic mass is 10.2. The van der Waals surface area contributed by atoms with Crippen molar-refractivity contribution in [1.29, 1.82) is 0 Å². The topological polar surface area (TPSA) is 97.5 Å². The largest absolute Gasteiger partial charge is 0.478 e. The Hall–Kier alpha value is -1.27. The highest BCUT2D eigenvalue weighted by atomic mass is 35.5. The lowest BCUT2D eigenvalue weighted by molar-refractivity contribution is 0.0696. The molecule has 0 saturated heterocycles. The summed E-state index contributed by atoms with van der Waals surface area (Å²) in [6.45, 7) is 0. The first kappa shape index (κ1) is 11.8. The number of aromatic carboxylic acids is 1. The van der Waals surface area contributed by atoms with Crippen molar-refractivity contribution in [2.24, 2.45) is 0 Å². The number of benzene rings is 1. The number of nitrogens with two attached hydrogens (primary N) is 1. The van der Waals surface area contributed by atoms with Gasteiger partial charge in [0.15, 0.2) is 9.84 Å². The number of carboxylic acid groups (broad SMARTS) is 1. The Kier molecular flexibility index (Phi) is 2.92. The zero-order valence-corrected chi connectivity index (χ0v) is 9.26. The van der Waals surface area contributed by atoms with Crippen molar-refractivity contribution in [3.63, 3.8) is 0 Å². The minimum atomic E-state index is -3.59. The summed E-state index contributed by atoms with van der Waals surface area (Å²) >= 11 is 5.66. The van der Waals surface area contributed by atoms with Crippen LogP contribution in [0.1, 0.15) is 10.4 Å². The van der Waals surface area contributed by atoms with Crippen molar-refractivity contribution in [1.82, 2.24) is 0 Å².